The lowest BCUT2D eigenvalue weighted by molar-refractivity contribution is -0.0429. The fourth-order valence-corrected chi connectivity index (χ4v) is 6.02. The summed E-state index contributed by atoms with van der Waals surface area (Å²) in [6, 6.07) is 0. The van der Waals surface area contributed by atoms with Gasteiger partial charge in [0.2, 0.25) is 5.72 Å². The molecule has 6 atom stereocenters. The first kappa shape index (κ1) is 25.4. The molecule has 0 aliphatic carbocycles. The Morgan fingerprint density at radius 1 is 1.28 bits per heavy atom. The number of aromatic nitrogens is 2. The van der Waals surface area contributed by atoms with Crippen LogP contribution in [0.3, 0.4) is 0 Å². The zero-order chi connectivity index (χ0) is 24.1. The molecule has 0 radical (unpaired) electrons. The summed E-state index contributed by atoms with van der Waals surface area (Å²) in [7, 11) is -16.6. The molecule has 2 aliphatic rings. The maximum Gasteiger partial charge on any atom is 0.490 e. The van der Waals surface area contributed by atoms with Gasteiger partial charge in [-0.1, -0.05) is 0 Å². The molecule has 0 amide bonds. The number of aliphatic imine (C=N–C) groups is 1. The third-order valence-electron chi connectivity index (χ3n) is 4.16. The summed E-state index contributed by atoms with van der Waals surface area (Å²) in [5, 5.41) is 23.2. The molecule has 1 aromatic heterocycles. The normalized spacial score (nSPS) is 31.8. The van der Waals surface area contributed by atoms with E-state index in [2.05, 4.69) is 28.4 Å². The molecule has 1 saturated heterocycles. The van der Waals surface area contributed by atoms with Gasteiger partial charge >= 0.3 is 23.5 Å². The molecular formula is C11H20N5O13P3. The molecule has 32 heavy (non-hydrogen) atoms. The van der Waals surface area contributed by atoms with Crippen LogP contribution in [0.15, 0.2) is 11.3 Å². The second-order valence-corrected chi connectivity index (χ2v) is 11.2. The number of aliphatic hydroxyl groups excluding tert-OH is 1. The standard InChI is InChI=1S/C11H20N5O13P3/c1-11(18)8-9(14-10(12)15-11)16(4-13-8)7-2-5(17)6(27-7)3-26-31(22,23)29-32(24,25)28-30(19,20)21/h4-7,17-18H,2-3H2,1H3,(H,22,23)(H,24,25)(H3,12,14,15)(H2,19,20,21)/t5-,6+,7+,11?/m0/s1. The van der Waals surface area contributed by atoms with E-state index in [0.717, 1.165) is 0 Å². The summed E-state index contributed by atoms with van der Waals surface area (Å²) in [6.07, 6.45) is -2.17. The summed E-state index contributed by atoms with van der Waals surface area (Å²) < 4.78 is 52.4. The van der Waals surface area contributed by atoms with E-state index in [0.29, 0.717) is 0 Å². The van der Waals surface area contributed by atoms with Crippen molar-refractivity contribution in [2.75, 3.05) is 11.9 Å². The van der Waals surface area contributed by atoms with Gasteiger partial charge in [-0.05, 0) is 6.92 Å². The van der Waals surface area contributed by atoms with E-state index in [4.69, 9.17) is 25.2 Å². The molecule has 3 heterocycles. The van der Waals surface area contributed by atoms with Gasteiger partial charge in [-0.3, -0.25) is 9.09 Å². The minimum atomic E-state index is -5.67. The highest BCUT2D eigenvalue weighted by atomic mass is 31.3. The monoisotopic (exact) mass is 523 g/mol. The number of nitrogens with one attached hydrogen (secondary N) is 1. The summed E-state index contributed by atoms with van der Waals surface area (Å²) >= 11 is 0. The Kier molecular flexibility index (Phi) is 6.76. The first-order chi connectivity index (χ1) is 14.5. The Balaban J connectivity index is 1.65. The van der Waals surface area contributed by atoms with Gasteiger partial charge in [0.05, 0.1) is 19.0 Å². The highest BCUT2D eigenvalue weighted by Crippen LogP contribution is 2.66. The van der Waals surface area contributed by atoms with Gasteiger partial charge in [0.15, 0.2) is 5.96 Å². The third kappa shape index (κ3) is 6.01. The van der Waals surface area contributed by atoms with Gasteiger partial charge in [0.25, 0.3) is 0 Å². The summed E-state index contributed by atoms with van der Waals surface area (Å²) in [6.45, 7) is 0.527. The van der Waals surface area contributed by atoms with Crippen LogP contribution in [0.4, 0.5) is 5.82 Å². The average molecular weight is 523 g/mol. The Labute approximate surface area is 179 Å². The van der Waals surface area contributed by atoms with Crippen LogP contribution >= 0.6 is 23.5 Å². The number of guanidine groups is 1. The molecule has 3 rings (SSSR count). The molecule has 0 bridgehead atoms. The first-order valence-electron chi connectivity index (χ1n) is 8.52. The van der Waals surface area contributed by atoms with Crippen molar-refractivity contribution in [2.45, 2.75) is 37.5 Å². The van der Waals surface area contributed by atoms with Crippen molar-refractivity contribution in [1.29, 1.82) is 0 Å². The first-order valence-corrected chi connectivity index (χ1v) is 13.0. The van der Waals surface area contributed by atoms with Crippen LogP contribution < -0.4 is 11.1 Å². The van der Waals surface area contributed by atoms with Crippen LogP contribution in [0.1, 0.15) is 25.3 Å². The number of hydrogen-bond donors (Lipinski definition) is 8. The lowest BCUT2D eigenvalue weighted by atomic mass is 10.1. The van der Waals surface area contributed by atoms with Crippen LogP contribution in [-0.2, 0) is 37.3 Å². The lowest BCUT2D eigenvalue weighted by Crippen LogP contribution is -2.36. The number of hydrogen-bond acceptors (Lipinski definition) is 13. The molecule has 0 spiro atoms. The van der Waals surface area contributed by atoms with E-state index in [1.807, 2.05) is 0 Å². The van der Waals surface area contributed by atoms with Crippen LogP contribution in [0, 0.1) is 0 Å². The van der Waals surface area contributed by atoms with Gasteiger partial charge in [-0.2, -0.15) is 8.62 Å². The number of phosphoric ester groups is 1. The minimum Gasteiger partial charge on any atom is -0.390 e. The Bertz CT molecular complexity index is 1050. The highest BCUT2D eigenvalue weighted by molar-refractivity contribution is 7.66. The molecule has 18 nitrogen and oxygen atoms in total. The molecule has 0 saturated carbocycles. The fraction of sp³-hybridized carbons (Fsp3) is 0.636. The second kappa shape index (κ2) is 8.52. The molecule has 0 aromatic carbocycles. The van der Waals surface area contributed by atoms with Gasteiger partial charge < -0.3 is 45.6 Å². The highest BCUT2D eigenvalue weighted by Gasteiger charge is 2.44. The van der Waals surface area contributed by atoms with E-state index in [-0.39, 0.29) is 23.9 Å². The molecule has 2 aliphatic heterocycles. The van der Waals surface area contributed by atoms with Crippen molar-refractivity contribution < 1.29 is 61.4 Å². The Hall–Kier alpha value is -1.23. The van der Waals surface area contributed by atoms with Gasteiger partial charge in [-0.25, -0.2) is 23.7 Å². The zero-order valence-corrected chi connectivity index (χ0v) is 18.7. The largest absolute Gasteiger partial charge is 0.490 e. The topological polar surface area (TPSA) is 278 Å². The fourth-order valence-electron chi connectivity index (χ4n) is 2.99. The number of aliphatic hydroxyl groups is 2. The maximum atomic E-state index is 11.8. The number of nitrogens with zero attached hydrogens (tertiary/aromatic N) is 3. The number of anilines is 1. The van der Waals surface area contributed by atoms with Crippen molar-refractivity contribution in [3.63, 3.8) is 0 Å². The summed E-state index contributed by atoms with van der Waals surface area (Å²) in [5.74, 6) is 0.125. The van der Waals surface area contributed by atoms with E-state index >= 15 is 0 Å². The van der Waals surface area contributed by atoms with Gasteiger partial charge in [0.1, 0.15) is 23.8 Å². The SMILES string of the molecule is CC1(O)N=C(N)Nc2c1ncn2[C@H]1C[C@H](O)[C@@H](COP(=O)(O)OP(=O)(O)OP(=O)(O)O)O1. The van der Waals surface area contributed by atoms with Crippen molar-refractivity contribution >= 4 is 35.2 Å². The number of phosphoric acid groups is 3. The number of nitrogens with two attached hydrogens (primary N) is 1. The van der Waals surface area contributed by atoms with Gasteiger partial charge in [0, 0.05) is 6.42 Å². The predicted molar refractivity (Wildman–Crippen MR) is 101 cm³/mol. The Morgan fingerprint density at radius 2 is 1.94 bits per heavy atom. The summed E-state index contributed by atoms with van der Waals surface area (Å²) in [4.78, 5) is 43.5. The Morgan fingerprint density at radius 3 is 2.56 bits per heavy atom. The number of ether oxygens (including phenoxy) is 1. The molecule has 21 heteroatoms. The zero-order valence-electron chi connectivity index (χ0n) is 16.0. The van der Waals surface area contributed by atoms with Gasteiger partial charge in [-0.15, -0.1) is 0 Å². The van der Waals surface area contributed by atoms with E-state index in [1.165, 1.54) is 17.8 Å². The van der Waals surface area contributed by atoms with Crippen LogP contribution in [0.5, 0.6) is 0 Å². The number of imidazole rings is 1. The maximum absolute atomic E-state index is 11.8. The van der Waals surface area contributed by atoms with E-state index in [1.54, 1.807) is 0 Å². The lowest BCUT2D eigenvalue weighted by Gasteiger charge is -2.26. The molecule has 9 N–H and O–H groups in total. The molecule has 182 valence electrons. The van der Waals surface area contributed by atoms with Crippen molar-refractivity contribution in [2.24, 2.45) is 10.7 Å². The molecule has 1 aromatic rings. The van der Waals surface area contributed by atoms with Crippen molar-refractivity contribution in [1.82, 2.24) is 9.55 Å². The van der Waals surface area contributed by atoms with Crippen LogP contribution in [0.25, 0.3) is 0 Å². The molecular weight excluding hydrogens is 503 g/mol. The smallest absolute Gasteiger partial charge is 0.390 e. The van der Waals surface area contributed by atoms with E-state index in [9.17, 15) is 28.8 Å². The minimum absolute atomic E-state index is 0.0614. The summed E-state index contributed by atoms with van der Waals surface area (Å²) in [5.41, 5.74) is 4.05. The van der Waals surface area contributed by atoms with Crippen LogP contribution in [0.2, 0.25) is 0 Å². The van der Waals surface area contributed by atoms with E-state index < -0.39 is 54.2 Å². The molecule has 1 fully saturated rings. The van der Waals surface area contributed by atoms with Crippen molar-refractivity contribution in [3.05, 3.63) is 12.0 Å². The third-order valence-corrected chi connectivity index (χ3v) is 7.96. The average Bonchev–Trinajstić information content (AvgIpc) is 3.12. The quantitative estimate of drug-likeness (QED) is 0.185. The molecule has 3 unspecified atom stereocenters. The van der Waals surface area contributed by atoms with Crippen LogP contribution in [-0.4, -0.2) is 64.1 Å². The number of fused-ring (bicyclic) bond motifs is 1. The van der Waals surface area contributed by atoms with Crippen molar-refractivity contribution in [3.8, 4) is 0 Å². The number of rotatable bonds is 8. The predicted octanol–water partition coefficient (Wildman–Crippen LogP) is -1.22. The second-order valence-electron chi connectivity index (χ2n) is 6.81.